The van der Waals surface area contributed by atoms with Crippen LogP contribution in [0.25, 0.3) is 0 Å². The van der Waals surface area contributed by atoms with Crippen molar-refractivity contribution in [3.8, 4) is 11.5 Å². The van der Waals surface area contributed by atoms with Crippen molar-refractivity contribution in [2.45, 2.75) is 23.6 Å². The smallest absolute Gasteiger partial charge is 0.206 e. The van der Waals surface area contributed by atoms with Gasteiger partial charge in [0.2, 0.25) is 9.84 Å². The molecule has 0 bridgehead atoms. The number of hydrogen-bond donors (Lipinski definition) is 1. The van der Waals surface area contributed by atoms with Crippen LogP contribution in [0.5, 0.6) is 11.5 Å². The average Bonchev–Trinajstić information content (AvgIpc) is 2.43. The normalized spacial score (nSPS) is 11.3. The molecule has 0 unspecified atom stereocenters. The summed E-state index contributed by atoms with van der Waals surface area (Å²) in [5, 5.41) is 9.46. The van der Waals surface area contributed by atoms with E-state index in [-0.39, 0.29) is 15.5 Å². The Labute approximate surface area is 118 Å². The summed E-state index contributed by atoms with van der Waals surface area (Å²) in [5.74, 6) is 0.712. The van der Waals surface area contributed by atoms with E-state index >= 15 is 0 Å². The number of phenolic OH excluding ortho intramolecular Hbond substituents is 1. The first-order chi connectivity index (χ1) is 9.45. The zero-order valence-corrected chi connectivity index (χ0v) is 12.1. The minimum absolute atomic E-state index is 0.0793. The highest BCUT2D eigenvalue weighted by molar-refractivity contribution is 7.91. The summed E-state index contributed by atoms with van der Waals surface area (Å²) < 4.78 is 30.2. The fraction of sp³-hybridized carbons (Fsp3) is 0.200. The summed E-state index contributed by atoms with van der Waals surface area (Å²) >= 11 is 0. The first kappa shape index (κ1) is 14.4. The van der Waals surface area contributed by atoms with Crippen molar-refractivity contribution in [3.05, 3.63) is 48.0 Å². The van der Waals surface area contributed by atoms with E-state index in [0.29, 0.717) is 17.9 Å². The lowest BCUT2D eigenvalue weighted by Gasteiger charge is -2.08. The van der Waals surface area contributed by atoms with Crippen molar-refractivity contribution < 1.29 is 18.3 Å². The van der Waals surface area contributed by atoms with Gasteiger partial charge in [0.15, 0.2) is 0 Å². The quantitative estimate of drug-likeness (QED) is 0.941. The van der Waals surface area contributed by atoms with E-state index in [9.17, 15) is 13.5 Å². The number of phenols is 1. The largest absolute Gasteiger partial charge is 0.508 e. The van der Waals surface area contributed by atoms with Crippen LogP contribution < -0.4 is 4.74 Å². The van der Waals surface area contributed by atoms with Gasteiger partial charge in [-0.1, -0.05) is 0 Å². The van der Waals surface area contributed by atoms with Crippen molar-refractivity contribution >= 4 is 9.84 Å². The molecule has 1 N–H and O–H groups in total. The third-order valence-electron chi connectivity index (χ3n) is 2.92. The molecule has 0 aliphatic heterocycles. The maximum Gasteiger partial charge on any atom is 0.206 e. The minimum atomic E-state index is -3.58. The van der Waals surface area contributed by atoms with Crippen LogP contribution in [0.15, 0.2) is 52.3 Å². The Balaban J connectivity index is 2.41. The Morgan fingerprint density at radius 3 is 2.20 bits per heavy atom. The summed E-state index contributed by atoms with van der Waals surface area (Å²) in [4.78, 5) is 0.364. The first-order valence-electron chi connectivity index (χ1n) is 6.22. The van der Waals surface area contributed by atoms with Gasteiger partial charge in [0.05, 0.1) is 16.4 Å². The fourth-order valence-electron chi connectivity index (χ4n) is 1.81. The molecule has 0 saturated heterocycles. The van der Waals surface area contributed by atoms with Gasteiger partial charge < -0.3 is 9.84 Å². The molecule has 106 valence electrons. The summed E-state index contributed by atoms with van der Waals surface area (Å²) in [6.45, 7) is 4.06. The van der Waals surface area contributed by atoms with Crippen molar-refractivity contribution in [2.75, 3.05) is 6.61 Å². The Bertz CT molecular complexity index is 703. The Kier molecular flexibility index (Phi) is 3.99. The van der Waals surface area contributed by atoms with E-state index in [1.165, 1.54) is 30.3 Å². The molecule has 2 rings (SSSR count). The summed E-state index contributed by atoms with van der Waals surface area (Å²) in [5.41, 5.74) is 0.525. The van der Waals surface area contributed by atoms with E-state index in [2.05, 4.69) is 0 Å². The molecule has 0 saturated carbocycles. The highest BCUT2D eigenvalue weighted by Crippen LogP contribution is 2.26. The molecule has 2 aromatic carbocycles. The van der Waals surface area contributed by atoms with Gasteiger partial charge in [-0.25, -0.2) is 8.42 Å². The van der Waals surface area contributed by atoms with Gasteiger partial charge in [0, 0.05) is 0 Å². The zero-order valence-electron chi connectivity index (χ0n) is 11.3. The number of hydrogen-bond acceptors (Lipinski definition) is 4. The highest BCUT2D eigenvalue weighted by atomic mass is 32.2. The molecule has 20 heavy (non-hydrogen) atoms. The number of benzene rings is 2. The third kappa shape index (κ3) is 2.77. The van der Waals surface area contributed by atoms with Gasteiger partial charge in [0.1, 0.15) is 11.5 Å². The topological polar surface area (TPSA) is 63.6 Å². The van der Waals surface area contributed by atoms with Crippen LogP contribution in [-0.2, 0) is 9.84 Å². The molecular weight excluding hydrogens is 276 g/mol. The van der Waals surface area contributed by atoms with Crippen LogP contribution in [0.1, 0.15) is 12.5 Å². The molecule has 0 spiro atoms. The highest BCUT2D eigenvalue weighted by Gasteiger charge is 2.18. The van der Waals surface area contributed by atoms with E-state index in [1.807, 2.05) is 6.92 Å². The van der Waals surface area contributed by atoms with Gasteiger partial charge in [-0.2, -0.15) is 0 Å². The lowest BCUT2D eigenvalue weighted by Crippen LogP contribution is -2.02. The Morgan fingerprint density at radius 2 is 1.65 bits per heavy atom. The molecular formula is C15H16O4S. The second-order valence-corrected chi connectivity index (χ2v) is 6.31. The molecule has 4 nitrogen and oxygen atoms in total. The van der Waals surface area contributed by atoms with Crippen molar-refractivity contribution in [1.29, 1.82) is 0 Å². The van der Waals surface area contributed by atoms with Crippen LogP contribution in [-0.4, -0.2) is 20.1 Å². The number of aryl methyl sites for hydroxylation is 1. The fourth-order valence-corrected chi connectivity index (χ4v) is 3.16. The molecule has 0 atom stereocenters. The average molecular weight is 292 g/mol. The predicted octanol–water partition coefficient (Wildman–Crippen LogP) is 2.93. The van der Waals surface area contributed by atoms with Crippen molar-refractivity contribution in [2.24, 2.45) is 0 Å². The monoisotopic (exact) mass is 292 g/mol. The first-order valence-corrected chi connectivity index (χ1v) is 7.71. The third-order valence-corrected chi connectivity index (χ3v) is 4.69. The molecule has 5 heteroatoms. The van der Waals surface area contributed by atoms with Gasteiger partial charge >= 0.3 is 0 Å². The van der Waals surface area contributed by atoms with E-state index in [0.717, 1.165) is 0 Å². The van der Waals surface area contributed by atoms with Gasteiger partial charge in [0.25, 0.3) is 0 Å². The Hall–Kier alpha value is -2.01. The zero-order chi connectivity index (χ0) is 14.8. The number of ether oxygens (including phenoxy) is 1. The molecule has 0 aromatic heterocycles. The summed E-state index contributed by atoms with van der Waals surface area (Å²) in [6.07, 6.45) is 0. The molecule has 0 amide bonds. The standard InChI is InChI=1S/C15H16O4S/c1-3-19-12-4-6-13(7-5-12)20(17,18)14-8-9-15(16)11(2)10-14/h4-10,16H,3H2,1-2H3. The lowest BCUT2D eigenvalue weighted by atomic mass is 10.2. The second kappa shape index (κ2) is 5.54. The van der Waals surface area contributed by atoms with Crippen LogP contribution in [0, 0.1) is 6.92 Å². The summed E-state index contributed by atoms with van der Waals surface area (Å²) in [6, 6.07) is 10.5. The van der Waals surface area contributed by atoms with E-state index < -0.39 is 9.84 Å². The van der Waals surface area contributed by atoms with Crippen LogP contribution in [0.4, 0.5) is 0 Å². The molecule has 0 aliphatic rings. The minimum Gasteiger partial charge on any atom is -0.508 e. The van der Waals surface area contributed by atoms with Crippen LogP contribution in [0.2, 0.25) is 0 Å². The van der Waals surface area contributed by atoms with Gasteiger partial charge in [-0.05, 0) is 61.9 Å². The SMILES string of the molecule is CCOc1ccc(S(=O)(=O)c2ccc(O)c(C)c2)cc1. The van der Waals surface area contributed by atoms with E-state index in [1.54, 1.807) is 19.1 Å². The van der Waals surface area contributed by atoms with Crippen LogP contribution >= 0.6 is 0 Å². The van der Waals surface area contributed by atoms with Gasteiger partial charge in [-0.15, -0.1) is 0 Å². The molecule has 0 aliphatic carbocycles. The lowest BCUT2D eigenvalue weighted by molar-refractivity contribution is 0.340. The van der Waals surface area contributed by atoms with Crippen molar-refractivity contribution in [1.82, 2.24) is 0 Å². The maximum atomic E-state index is 12.4. The predicted molar refractivity (Wildman–Crippen MR) is 75.9 cm³/mol. The molecule has 0 heterocycles. The number of aromatic hydroxyl groups is 1. The van der Waals surface area contributed by atoms with E-state index in [4.69, 9.17) is 4.74 Å². The second-order valence-electron chi connectivity index (χ2n) is 4.36. The molecule has 0 fully saturated rings. The summed E-state index contributed by atoms with van der Waals surface area (Å²) in [7, 11) is -3.58. The number of sulfone groups is 1. The maximum absolute atomic E-state index is 12.4. The Morgan fingerprint density at radius 1 is 1.05 bits per heavy atom. The van der Waals surface area contributed by atoms with Crippen LogP contribution in [0.3, 0.4) is 0 Å². The molecule has 2 aromatic rings. The number of rotatable bonds is 4. The van der Waals surface area contributed by atoms with Crippen molar-refractivity contribution in [3.63, 3.8) is 0 Å². The molecule has 0 radical (unpaired) electrons. The van der Waals surface area contributed by atoms with Gasteiger partial charge in [-0.3, -0.25) is 0 Å².